The van der Waals surface area contributed by atoms with Gasteiger partial charge in [-0.1, -0.05) is 6.07 Å². The molecule has 2 aromatic heterocycles. The molecule has 0 amide bonds. The van der Waals surface area contributed by atoms with Crippen LogP contribution in [-0.2, 0) is 17.8 Å². The molecule has 21 heavy (non-hydrogen) atoms. The van der Waals surface area contributed by atoms with E-state index in [-0.39, 0.29) is 0 Å². The van der Waals surface area contributed by atoms with Gasteiger partial charge >= 0.3 is 0 Å². The van der Waals surface area contributed by atoms with Crippen LogP contribution in [0, 0.1) is 0 Å². The maximum atomic E-state index is 9.88. The minimum atomic E-state index is -0.476. The molecule has 0 aliphatic carbocycles. The van der Waals surface area contributed by atoms with Crippen molar-refractivity contribution in [3.63, 3.8) is 0 Å². The maximum Gasteiger partial charge on any atom is 0.103 e. The smallest absolute Gasteiger partial charge is 0.103 e. The molecule has 2 unspecified atom stereocenters. The third-order valence-corrected chi connectivity index (χ3v) is 4.09. The number of nitrogens with one attached hydrogen (secondary N) is 1. The van der Waals surface area contributed by atoms with Gasteiger partial charge in [0.1, 0.15) is 5.76 Å². The number of hydrogen-bond acceptors (Lipinski definition) is 5. The number of aliphatic hydroxyl groups excluding tert-OH is 1. The van der Waals surface area contributed by atoms with Crippen molar-refractivity contribution in [2.75, 3.05) is 13.2 Å². The van der Waals surface area contributed by atoms with Gasteiger partial charge in [0.15, 0.2) is 0 Å². The van der Waals surface area contributed by atoms with Gasteiger partial charge in [-0.15, -0.1) is 11.3 Å². The molecule has 2 rings (SSSR count). The van der Waals surface area contributed by atoms with E-state index >= 15 is 0 Å². The van der Waals surface area contributed by atoms with E-state index in [0.717, 1.165) is 18.6 Å². The first kappa shape index (κ1) is 16.2. The van der Waals surface area contributed by atoms with Crippen molar-refractivity contribution < 1.29 is 14.3 Å². The Kier molecular flexibility index (Phi) is 6.95. The lowest BCUT2D eigenvalue weighted by Gasteiger charge is -2.16. The van der Waals surface area contributed by atoms with Gasteiger partial charge in [0.2, 0.25) is 0 Å². The summed E-state index contributed by atoms with van der Waals surface area (Å²) in [6.45, 7) is 3.59. The van der Waals surface area contributed by atoms with Gasteiger partial charge in [0.25, 0.3) is 0 Å². The second-order valence-electron chi connectivity index (χ2n) is 5.18. The van der Waals surface area contributed by atoms with Gasteiger partial charge in [-0.3, -0.25) is 0 Å². The van der Waals surface area contributed by atoms with E-state index in [1.165, 1.54) is 4.88 Å². The molecule has 2 atom stereocenters. The Balaban J connectivity index is 1.52. The Morgan fingerprint density at radius 1 is 1.38 bits per heavy atom. The maximum absolute atomic E-state index is 9.88. The molecule has 4 nitrogen and oxygen atoms in total. The Morgan fingerprint density at radius 2 is 2.29 bits per heavy atom. The number of furan rings is 1. The average molecular weight is 309 g/mol. The Hall–Kier alpha value is -1.14. The predicted octanol–water partition coefficient (Wildman–Crippen LogP) is 2.83. The van der Waals surface area contributed by atoms with Crippen molar-refractivity contribution in [2.24, 2.45) is 0 Å². The van der Waals surface area contributed by atoms with E-state index in [1.54, 1.807) is 17.6 Å². The largest absolute Gasteiger partial charge is 0.469 e. The molecule has 0 spiro atoms. The molecule has 0 fully saturated rings. The number of hydrogen-bond donors (Lipinski definition) is 2. The zero-order valence-electron chi connectivity index (χ0n) is 12.3. The van der Waals surface area contributed by atoms with Gasteiger partial charge in [0.05, 0.1) is 25.6 Å². The van der Waals surface area contributed by atoms with E-state index < -0.39 is 6.10 Å². The first-order chi connectivity index (χ1) is 10.2. The standard InChI is InChI=1S/C16H23NO3S/c1-13(6-7-15-4-2-8-20-15)17-10-14(18)11-19-12-16-5-3-9-21-16/h2-5,8-9,13-14,17-18H,6-7,10-12H2,1H3. The second kappa shape index (κ2) is 9.00. The van der Waals surface area contributed by atoms with Crippen LogP contribution in [0.15, 0.2) is 40.3 Å². The fourth-order valence-corrected chi connectivity index (χ4v) is 2.64. The number of aliphatic hydroxyl groups is 1. The summed E-state index contributed by atoms with van der Waals surface area (Å²) in [6.07, 6.45) is 3.11. The SMILES string of the molecule is CC(CCc1ccco1)NCC(O)COCc1cccs1. The molecule has 116 valence electrons. The van der Waals surface area contributed by atoms with Crippen molar-refractivity contribution in [1.82, 2.24) is 5.32 Å². The Bertz CT molecular complexity index is 470. The van der Waals surface area contributed by atoms with Crippen molar-refractivity contribution >= 4 is 11.3 Å². The molecule has 0 aromatic carbocycles. The summed E-state index contributed by atoms with van der Waals surface area (Å²) in [5, 5.41) is 15.2. The van der Waals surface area contributed by atoms with Crippen LogP contribution in [0.2, 0.25) is 0 Å². The topological polar surface area (TPSA) is 54.6 Å². The lowest BCUT2D eigenvalue weighted by atomic mass is 10.1. The van der Waals surface area contributed by atoms with Crippen LogP contribution >= 0.6 is 11.3 Å². The van der Waals surface area contributed by atoms with E-state index in [9.17, 15) is 5.11 Å². The molecular weight excluding hydrogens is 286 g/mol. The summed E-state index contributed by atoms with van der Waals surface area (Å²) >= 11 is 1.67. The third kappa shape index (κ3) is 6.44. The van der Waals surface area contributed by atoms with Gasteiger partial charge in [-0.25, -0.2) is 0 Å². The second-order valence-corrected chi connectivity index (χ2v) is 6.21. The number of ether oxygens (including phenoxy) is 1. The minimum absolute atomic E-state index is 0.335. The number of thiophene rings is 1. The Morgan fingerprint density at radius 3 is 3.00 bits per heavy atom. The highest BCUT2D eigenvalue weighted by atomic mass is 32.1. The van der Waals surface area contributed by atoms with E-state index in [1.807, 2.05) is 29.6 Å². The summed E-state index contributed by atoms with van der Waals surface area (Å²) in [5.74, 6) is 1.00. The van der Waals surface area contributed by atoms with Gasteiger partial charge in [-0.05, 0) is 36.9 Å². The Labute approximate surface area is 129 Å². The summed E-state index contributed by atoms with van der Waals surface area (Å²) in [6, 6.07) is 8.26. The number of aryl methyl sites for hydroxylation is 1. The molecule has 2 aromatic rings. The minimum Gasteiger partial charge on any atom is -0.469 e. The van der Waals surface area contributed by atoms with Crippen molar-refractivity contribution in [2.45, 2.75) is 38.5 Å². The van der Waals surface area contributed by atoms with Crippen LogP contribution in [0.3, 0.4) is 0 Å². The van der Waals surface area contributed by atoms with Crippen molar-refractivity contribution in [3.8, 4) is 0 Å². The van der Waals surface area contributed by atoms with E-state index in [4.69, 9.17) is 9.15 Å². The predicted molar refractivity (Wildman–Crippen MR) is 84.5 cm³/mol. The quantitative estimate of drug-likeness (QED) is 0.708. The summed E-state index contributed by atoms with van der Waals surface area (Å²) < 4.78 is 10.8. The highest BCUT2D eigenvalue weighted by Crippen LogP contribution is 2.09. The van der Waals surface area contributed by atoms with E-state index in [0.29, 0.717) is 25.8 Å². The molecule has 0 bridgehead atoms. The monoisotopic (exact) mass is 309 g/mol. The molecule has 0 saturated heterocycles. The fraction of sp³-hybridized carbons (Fsp3) is 0.500. The third-order valence-electron chi connectivity index (χ3n) is 3.24. The van der Waals surface area contributed by atoms with Crippen molar-refractivity contribution in [3.05, 3.63) is 46.5 Å². The molecule has 2 heterocycles. The molecule has 5 heteroatoms. The zero-order chi connectivity index (χ0) is 14.9. The first-order valence-electron chi connectivity index (χ1n) is 7.28. The molecule has 0 radical (unpaired) electrons. The fourth-order valence-electron chi connectivity index (χ4n) is 2.00. The van der Waals surface area contributed by atoms with Crippen LogP contribution in [-0.4, -0.2) is 30.4 Å². The first-order valence-corrected chi connectivity index (χ1v) is 8.16. The molecular formula is C16H23NO3S. The molecule has 0 saturated carbocycles. The van der Waals surface area contributed by atoms with Crippen LogP contribution < -0.4 is 5.32 Å². The van der Waals surface area contributed by atoms with Crippen molar-refractivity contribution in [1.29, 1.82) is 0 Å². The van der Waals surface area contributed by atoms with Gasteiger partial charge in [0, 0.05) is 23.9 Å². The van der Waals surface area contributed by atoms with Crippen LogP contribution in [0.1, 0.15) is 24.0 Å². The normalized spacial score (nSPS) is 14.2. The van der Waals surface area contributed by atoms with E-state index in [2.05, 4.69) is 12.2 Å². The summed E-state index contributed by atoms with van der Waals surface area (Å²) in [4.78, 5) is 1.18. The zero-order valence-corrected chi connectivity index (χ0v) is 13.1. The summed E-state index contributed by atoms with van der Waals surface area (Å²) in [7, 11) is 0. The molecule has 0 aliphatic rings. The summed E-state index contributed by atoms with van der Waals surface area (Å²) in [5.41, 5.74) is 0. The highest BCUT2D eigenvalue weighted by Gasteiger charge is 2.08. The van der Waals surface area contributed by atoms with Crippen LogP contribution in [0.5, 0.6) is 0 Å². The number of rotatable bonds is 10. The lowest BCUT2D eigenvalue weighted by molar-refractivity contribution is 0.0287. The lowest BCUT2D eigenvalue weighted by Crippen LogP contribution is -2.36. The molecule has 0 aliphatic heterocycles. The highest BCUT2D eigenvalue weighted by molar-refractivity contribution is 7.09. The van der Waals surface area contributed by atoms with Crippen LogP contribution in [0.25, 0.3) is 0 Å². The molecule has 2 N–H and O–H groups in total. The van der Waals surface area contributed by atoms with Gasteiger partial charge in [-0.2, -0.15) is 0 Å². The van der Waals surface area contributed by atoms with Gasteiger partial charge < -0.3 is 19.6 Å². The van der Waals surface area contributed by atoms with Crippen LogP contribution in [0.4, 0.5) is 0 Å². The average Bonchev–Trinajstić information content (AvgIpc) is 3.16.